The van der Waals surface area contributed by atoms with Crippen LogP contribution in [-0.2, 0) is 18.3 Å². The number of hydrogen-bond donors (Lipinski definition) is 0. The molecule has 3 rings (SSSR count). The van der Waals surface area contributed by atoms with Crippen molar-refractivity contribution in [2.24, 2.45) is 7.05 Å². The van der Waals surface area contributed by atoms with Crippen LogP contribution in [0.2, 0.25) is 0 Å². The first-order valence-electron chi connectivity index (χ1n) is 8.96. The van der Waals surface area contributed by atoms with E-state index >= 15 is 0 Å². The molecule has 1 saturated heterocycles. The van der Waals surface area contributed by atoms with Gasteiger partial charge >= 0.3 is 0 Å². The van der Waals surface area contributed by atoms with Crippen LogP contribution in [0.1, 0.15) is 41.4 Å². The number of nitrogens with zero attached hydrogens (tertiary/aromatic N) is 3. The lowest BCUT2D eigenvalue weighted by Gasteiger charge is -2.26. The first-order chi connectivity index (χ1) is 12.5. The summed E-state index contributed by atoms with van der Waals surface area (Å²) in [5, 5.41) is 4.42. The van der Waals surface area contributed by atoms with Crippen molar-refractivity contribution >= 4 is 5.91 Å². The van der Waals surface area contributed by atoms with Gasteiger partial charge in [-0.2, -0.15) is 5.10 Å². The number of aryl methyl sites for hydroxylation is 2. The lowest BCUT2D eigenvalue weighted by molar-refractivity contribution is -0.131. The number of carbonyl (C=O) groups is 1. The van der Waals surface area contributed by atoms with Gasteiger partial charge in [0.2, 0.25) is 5.91 Å². The highest BCUT2D eigenvalue weighted by Crippen LogP contribution is 2.37. The van der Waals surface area contributed by atoms with E-state index in [1.54, 1.807) is 14.2 Å². The molecule has 0 radical (unpaired) electrons. The third-order valence-electron chi connectivity index (χ3n) is 5.35. The molecule has 0 saturated carbocycles. The third-order valence-corrected chi connectivity index (χ3v) is 5.35. The molecule has 2 aromatic rings. The van der Waals surface area contributed by atoms with Crippen LogP contribution in [-0.4, -0.2) is 41.4 Å². The summed E-state index contributed by atoms with van der Waals surface area (Å²) in [5.74, 6) is 1.55. The summed E-state index contributed by atoms with van der Waals surface area (Å²) in [6.45, 7) is 4.76. The molecule has 1 fully saturated rings. The molecule has 0 bridgehead atoms. The van der Waals surface area contributed by atoms with E-state index in [1.165, 1.54) is 0 Å². The van der Waals surface area contributed by atoms with Gasteiger partial charge in [-0.1, -0.05) is 6.07 Å². The standard InChI is InChI=1S/C20H27N3O3/c1-13-16(14(2)22(3)21-13)12-20(24)23-10-6-7-17(23)15-8-9-18(25-4)19(11-15)26-5/h8-9,11,17H,6-7,10,12H2,1-5H3/t17-/m0/s1. The summed E-state index contributed by atoms with van der Waals surface area (Å²) in [5.41, 5.74) is 4.11. The second-order valence-corrected chi connectivity index (χ2v) is 6.81. The van der Waals surface area contributed by atoms with Crippen molar-refractivity contribution in [1.29, 1.82) is 0 Å². The monoisotopic (exact) mass is 357 g/mol. The van der Waals surface area contributed by atoms with Crippen LogP contribution < -0.4 is 9.47 Å². The number of carbonyl (C=O) groups excluding carboxylic acids is 1. The minimum atomic E-state index is 0.0830. The maximum atomic E-state index is 13.0. The molecule has 0 unspecified atom stereocenters. The fraction of sp³-hybridized carbons (Fsp3) is 0.500. The van der Waals surface area contributed by atoms with E-state index in [0.717, 1.165) is 41.9 Å². The number of ether oxygens (including phenoxy) is 2. The van der Waals surface area contributed by atoms with Gasteiger partial charge in [-0.15, -0.1) is 0 Å². The van der Waals surface area contributed by atoms with E-state index in [4.69, 9.17) is 9.47 Å². The molecule has 1 amide bonds. The van der Waals surface area contributed by atoms with Crippen LogP contribution in [0.3, 0.4) is 0 Å². The predicted octanol–water partition coefficient (Wildman–Crippen LogP) is 2.96. The normalized spacial score (nSPS) is 16.8. The zero-order valence-electron chi connectivity index (χ0n) is 16.2. The number of hydrogen-bond acceptors (Lipinski definition) is 4. The van der Waals surface area contributed by atoms with Crippen molar-refractivity contribution in [1.82, 2.24) is 14.7 Å². The molecule has 1 aliphatic rings. The molecular weight excluding hydrogens is 330 g/mol. The van der Waals surface area contributed by atoms with Gasteiger partial charge in [-0.25, -0.2) is 0 Å². The summed E-state index contributed by atoms with van der Waals surface area (Å²) in [4.78, 5) is 15.0. The summed E-state index contributed by atoms with van der Waals surface area (Å²) in [7, 11) is 5.17. The van der Waals surface area contributed by atoms with Gasteiger partial charge in [0, 0.05) is 24.8 Å². The number of amides is 1. The summed E-state index contributed by atoms with van der Waals surface area (Å²) < 4.78 is 12.6. The maximum Gasteiger partial charge on any atom is 0.227 e. The lowest BCUT2D eigenvalue weighted by atomic mass is 10.0. The fourth-order valence-electron chi connectivity index (χ4n) is 3.80. The van der Waals surface area contributed by atoms with Gasteiger partial charge in [-0.05, 0) is 44.4 Å². The van der Waals surface area contributed by atoms with Crippen LogP contribution in [0, 0.1) is 13.8 Å². The molecule has 26 heavy (non-hydrogen) atoms. The second-order valence-electron chi connectivity index (χ2n) is 6.81. The van der Waals surface area contributed by atoms with E-state index in [2.05, 4.69) is 5.10 Å². The number of rotatable bonds is 5. The molecule has 1 aliphatic heterocycles. The maximum absolute atomic E-state index is 13.0. The van der Waals surface area contributed by atoms with Crippen molar-refractivity contribution in [3.8, 4) is 11.5 Å². The summed E-state index contributed by atoms with van der Waals surface area (Å²) >= 11 is 0. The molecule has 1 aromatic carbocycles. The average Bonchev–Trinajstić information content (AvgIpc) is 3.22. The lowest BCUT2D eigenvalue weighted by Crippen LogP contribution is -2.32. The Labute approximate surface area is 154 Å². The van der Waals surface area contributed by atoms with Crippen molar-refractivity contribution in [2.45, 2.75) is 39.2 Å². The Balaban J connectivity index is 1.82. The molecule has 0 spiro atoms. The SMILES string of the molecule is COc1ccc([C@@H]2CCCN2C(=O)Cc2c(C)nn(C)c2C)cc1OC. The Morgan fingerprint density at radius 1 is 1.23 bits per heavy atom. The van der Waals surface area contributed by atoms with Crippen LogP contribution >= 0.6 is 0 Å². The zero-order valence-corrected chi connectivity index (χ0v) is 16.2. The highest BCUT2D eigenvalue weighted by molar-refractivity contribution is 5.80. The Kier molecular flexibility index (Phi) is 5.20. The molecular formula is C20H27N3O3. The highest BCUT2D eigenvalue weighted by Gasteiger charge is 2.31. The van der Waals surface area contributed by atoms with Gasteiger partial charge in [0.1, 0.15) is 0 Å². The Bertz CT molecular complexity index is 813. The van der Waals surface area contributed by atoms with E-state index in [1.807, 2.05) is 48.7 Å². The van der Waals surface area contributed by atoms with Gasteiger partial charge in [0.25, 0.3) is 0 Å². The van der Waals surface area contributed by atoms with Gasteiger partial charge in [0.15, 0.2) is 11.5 Å². The fourth-order valence-corrected chi connectivity index (χ4v) is 3.80. The van der Waals surface area contributed by atoms with Crippen molar-refractivity contribution in [3.05, 3.63) is 40.7 Å². The molecule has 1 atom stereocenters. The summed E-state index contributed by atoms with van der Waals surface area (Å²) in [6.07, 6.45) is 2.37. The topological polar surface area (TPSA) is 56.6 Å². The quantitative estimate of drug-likeness (QED) is 0.825. The second kappa shape index (κ2) is 7.40. The van der Waals surface area contributed by atoms with Crippen LogP contribution in [0.4, 0.5) is 0 Å². The average molecular weight is 357 g/mol. The molecule has 0 N–H and O–H groups in total. The first kappa shape index (κ1) is 18.3. The van der Waals surface area contributed by atoms with Crippen molar-refractivity contribution in [2.75, 3.05) is 20.8 Å². The molecule has 6 heteroatoms. The van der Waals surface area contributed by atoms with Gasteiger partial charge in [0.05, 0.1) is 32.4 Å². The van der Waals surface area contributed by atoms with Gasteiger partial charge in [-0.3, -0.25) is 9.48 Å². The smallest absolute Gasteiger partial charge is 0.227 e. The highest BCUT2D eigenvalue weighted by atomic mass is 16.5. The summed E-state index contributed by atoms with van der Waals surface area (Å²) in [6, 6.07) is 6.00. The van der Waals surface area contributed by atoms with Crippen molar-refractivity contribution < 1.29 is 14.3 Å². The van der Waals surface area contributed by atoms with E-state index < -0.39 is 0 Å². The Hall–Kier alpha value is -2.50. The number of methoxy groups -OCH3 is 2. The molecule has 2 heterocycles. The largest absolute Gasteiger partial charge is 0.493 e. The Morgan fingerprint density at radius 2 is 1.96 bits per heavy atom. The van der Waals surface area contributed by atoms with Gasteiger partial charge < -0.3 is 14.4 Å². The number of aromatic nitrogens is 2. The molecule has 6 nitrogen and oxygen atoms in total. The number of benzene rings is 1. The molecule has 140 valence electrons. The third kappa shape index (κ3) is 3.28. The number of likely N-dealkylation sites (tertiary alicyclic amines) is 1. The first-order valence-corrected chi connectivity index (χ1v) is 8.96. The zero-order chi connectivity index (χ0) is 18.8. The minimum Gasteiger partial charge on any atom is -0.493 e. The Morgan fingerprint density at radius 3 is 2.58 bits per heavy atom. The van der Waals surface area contributed by atoms with Crippen LogP contribution in [0.15, 0.2) is 18.2 Å². The van der Waals surface area contributed by atoms with Crippen LogP contribution in [0.25, 0.3) is 0 Å². The van der Waals surface area contributed by atoms with E-state index in [0.29, 0.717) is 17.9 Å². The van der Waals surface area contributed by atoms with E-state index in [9.17, 15) is 4.79 Å². The minimum absolute atomic E-state index is 0.0830. The molecule has 0 aliphatic carbocycles. The van der Waals surface area contributed by atoms with Crippen molar-refractivity contribution in [3.63, 3.8) is 0 Å². The van der Waals surface area contributed by atoms with E-state index in [-0.39, 0.29) is 11.9 Å². The van der Waals surface area contributed by atoms with Crippen LogP contribution in [0.5, 0.6) is 11.5 Å². The predicted molar refractivity (Wildman–Crippen MR) is 99.6 cm³/mol. The molecule has 1 aromatic heterocycles.